The smallest absolute Gasteiger partial charge is 0.321 e. The molecule has 1 atom stereocenters. The second kappa shape index (κ2) is 9.98. The van der Waals surface area contributed by atoms with Gasteiger partial charge in [-0.2, -0.15) is 15.1 Å². The number of aromatic amines is 1. The van der Waals surface area contributed by atoms with Gasteiger partial charge in [0, 0.05) is 24.8 Å². The normalized spacial score (nSPS) is 14.8. The number of anilines is 3. The van der Waals surface area contributed by atoms with Gasteiger partial charge in [-0.15, -0.1) is 0 Å². The largest absolute Gasteiger partial charge is 0.493 e. The number of urea groups is 1. The number of benzene rings is 2. The zero-order valence-electron chi connectivity index (χ0n) is 20.1. The molecule has 5 rings (SSSR count). The van der Waals surface area contributed by atoms with E-state index in [2.05, 4.69) is 30.8 Å². The van der Waals surface area contributed by atoms with Crippen molar-refractivity contribution in [3.8, 4) is 11.5 Å². The maximum Gasteiger partial charge on any atom is 0.321 e. The number of nitrogen functional groups attached to an aromatic ring is 1. The predicted molar refractivity (Wildman–Crippen MR) is 138 cm³/mol. The Morgan fingerprint density at radius 2 is 2.00 bits per heavy atom. The molecule has 11 nitrogen and oxygen atoms in total. The Labute approximate surface area is 208 Å². The summed E-state index contributed by atoms with van der Waals surface area (Å²) < 4.78 is 10.7. The minimum absolute atomic E-state index is 0.0797. The third kappa shape index (κ3) is 4.67. The van der Waals surface area contributed by atoms with Crippen LogP contribution in [0, 0.1) is 0 Å². The highest BCUT2D eigenvalue weighted by Crippen LogP contribution is 2.30. The zero-order chi connectivity index (χ0) is 25.1. The molecular weight excluding hydrogens is 460 g/mol. The van der Waals surface area contributed by atoms with Gasteiger partial charge in [0.2, 0.25) is 5.95 Å². The Bertz CT molecular complexity index is 1390. The van der Waals surface area contributed by atoms with E-state index in [1.807, 2.05) is 42.5 Å². The van der Waals surface area contributed by atoms with Crippen molar-refractivity contribution < 1.29 is 14.3 Å². The van der Waals surface area contributed by atoms with Crippen LogP contribution in [-0.4, -0.2) is 59.5 Å². The first-order chi connectivity index (χ1) is 17.6. The zero-order valence-corrected chi connectivity index (χ0v) is 20.1. The second-order valence-electron chi connectivity index (χ2n) is 8.52. The van der Waals surface area contributed by atoms with Crippen molar-refractivity contribution in [3.63, 3.8) is 0 Å². The standard InChI is InChI=1S/C25H28N8O3/c1-35-20-8-7-15(11-21(20)36-2)9-10-27-25(34)33-14-17(12-16-5-3-4-6-19(16)33)29-22-18-13-28-32-23(18)31-24(26)30-22/h3-8,11,13,17H,9-10,12,14H2,1-2H3,(H,27,34)(H4,26,28,29,30,31,32). The molecule has 1 unspecified atom stereocenters. The number of para-hydroxylation sites is 1. The molecule has 0 bridgehead atoms. The SMILES string of the molecule is COc1ccc(CCNC(=O)N2CC(Nc3nc(N)nc4[nH]ncc34)Cc3ccccc32)cc1OC. The Morgan fingerprint density at radius 3 is 2.83 bits per heavy atom. The third-order valence-electron chi connectivity index (χ3n) is 6.20. The monoisotopic (exact) mass is 488 g/mol. The van der Waals surface area contributed by atoms with Gasteiger partial charge in [-0.1, -0.05) is 24.3 Å². The summed E-state index contributed by atoms with van der Waals surface area (Å²) in [7, 11) is 3.21. The van der Waals surface area contributed by atoms with Crippen LogP contribution in [0.4, 0.5) is 22.2 Å². The van der Waals surface area contributed by atoms with Crippen molar-refractivity contribution in [3.05, 3.63) is 59.8 Å². The van der Waals surface area contributed by atoms with Crippen molar-refractivity contribution in [2.45, 2.75) is 18.9 Å². The van der Waals surface area contributed by atoms with E-state index in [9.17, 15) is 4.79 Å². The van der Waals surface area contributed by atoms with Crippen LogP contribution in [0.25, 0.3) is 11.0 Å². The lowest BCUT2D eigenvalue weighted by Crippen LogP contribution is -2.50. The number of nitrogens with zero attached hydrogens (tertiary/aromatic N) is 4. The molecule has 186 valence electrons. The topological polar surface area (TPSA) is 143 Å². The summed E-state index contributed by atoms with van der Waals surface area (Å²) in [6, 6.07) is 13.4. The summed E-state index contributed by atoms with van der Waals surface area (Å²) in [6.45, 7) is 0.936. The maximum absolute atomic E-state index is 13.3. The van der Waals surface area contributed by atoms with Crippen LogP contribution in [0.1, 0.15) is 11.1 Å². The number of hydrogen-bond donors (Lipinski definition) is 4. The highest BCUT2D eigenvalue weighted by molar-refractivity contribution is 5.94. The fourth-order valence-electron chi connectivity index (χ4n) is 4.49. The summed E-state index contributed by atoms with van der Waals surface area (Å²) in [6.07, 6.45) is 3.04. The van der Waals surface area contributed by atoms with Gasteiger partial charge >= 0.3 is 6.03 Å². The number of amides is 2. The summed E-state index contributed by atoms with van der Waals surface area (Å²) in [5.74, 6) is 2.07. The molecule has 1 aliphatic heterocycles. The highest BCUT2D eigenvalue weighted by Gasteiger charge is 2.29. The molecule has 0 fully saturated rings. The molecule has 0 saturated carbocycles. The van der Waals surface area contributed by atoms with E-state index in [1.165, 1.54) is 0 Å². The van der Waals surface area contributed by atoms with E-state index in [-0.39, 0.29) is 18.0 Å². The number of methoxy groups -OCH3 is 2. The average molecular weight is 489 g/mol. The summed E-state index contributed by atoms with van der Waals surface area (Å²) in [5, 5.41) is 14.1. The van der Waals surface area contributed by atoms with Crippen molar-refractivity contribution >= 4 is 34.5 Å². The molecule has 1 aliphatic rings. The predicted octanol–water partition coefficient (Wildman–Crippen LogP) is 2.75. The number of nitrogens with two attached hydrogens (primary N) is 1. The first-order valence-corrected chi connectivity index (χ1v) is 11.6. The Morgan fingerprint density at radius 1 is 1.17 bits per heavy atom. The molecule has 0 spiro atoms. The molecule has 3 heterocycles. The summed E-state index contributed by atoms with van der Waals surface area (Å²) in [4.78, 5) is 23.6. The van der Waals surface area contributed by atoms with Crippen molar-refractivity contribution in [1.82, 2.24) is 25.5 Å². The van der Waals surface area contributed by atoms with Gasteiger partial charge in [0.15, 0.2) is 17.1 Å². The van der Waals surface area contributed by atoms with Crippen LogP contribution < -0.4 is 30.7 Å². The minimum Gasteiger partial charge on any atom is -0.493 e. The lowest BCUT2D eigenvalue weighted by molar-refractivity contribution is 0.245. The van der Waals surface area contributed by atoms with Crippen molar-refractivity contribution in [1.29, 1.82) is 0 Å². The van der Waals surface area contributed by atoms with Crippen LogP contribution in [0.3, 0.4) is 0 Å². The average Bonchev–Trinajstić information content (AvgIpc) is 3.36. The van der Waals surface area contributed by atoms with Gasteiger partial charge < -0.3 is 25.8 Å². The number of ether oxygens (including phenoxy) is 2. The first-order valence-electron chi connectivity index (χ1n) is 11.6. The third-order valence-corrected chi connectivity index (χ3v) is 6.20. The van der Waals surface area contributed by atoms with E-state index in [4.69, 9.17) is 15.2 Å². The number of carbonyl (C=O) groups is 1. The fourth-order valence-corrected chi connectivity index (χ4v) is 4.49. The number of H-pyrrole nitrogens is 1. The fraction of sp³-hybridized carbons (Fsp3) is 0.280. The molecule has 0 saturated heterocycles. The molecule has 11 heteroatoms. The molecule has 2 amide bonds. The van der Waals surface area contributed by atoms with E-state index in [1.54, 1.807) is 25.3 Å². The number of carbonyl (C=O) groups excluding carboxylic acids is 1. The molecule has 5 N–H and O–H groups in total. The first kappa shape index (κ1) is 23.2. The van der Waals surface area contributed by atoms with E-state index < -0.39 is 0 Å². The molecule has 36 heavy (non-hydrogen) atoms. The molecule has 2 aromatic heterocycles. The minimum atomic E-state index is -0.162. The Balaban J connectivity index is 1.29. The number of rotatable bonds is 7. The maximum atomic E-state index is 13.3. The van der Waals surface area contributed by atoms with Crippen LogP contribution in [0.5, 0.6) is 11.5 Å². The van der Waals surface area contributed by atoms with Gasteiger partial charge in [-0.25, -0.2) is 4.79 Å². The quantitative estimate of drug-likeness (QED) is 0.311. The molecule has 2 aromatic carbocycles. The van der Waals surface area contributed by atoms with Crippen LogP contribution in [0.2, 0.25) is 0 Å². The van der Waals surface area contributed by atoms with Crippen LogP contribution in [0.15, 0.2) is 48.7 Å². The molecule has 0 aliphatic carbocycles. The lowest BCUT2D eigenvalue weighted by atomic mass is 9.98. The van der Waals surface area contributed by atoms with E-state index in [0.717, 1.165) is 28.6 Å². The molecule has 4 aromatic rings. The van der Waals surface area contributed by atoms with Gasteiger partial charge in [0.25, 0.3) is 0 Å². The Hall–Kier alpha value is -4.54. The van der Waals surface area contributed by atoms with Crippen molar-refractivity contribution in [2.75, 3.05) is 43.3 Å². The van der Waals surface area contributed by atoms with Gasteiger partial charge in [0.1, 0.15) is 5.82 Å². The lowest BCUT2D eigenvalue weighted by Gasteiger charge is -2.35. The second-order valence-corrected chi connectivity index (χ2v) is 8.52. The van der Waals surface area contributed by atoms with Gasteiger partial charge in [-0.3, -0.25) is 10.00 Å². The summed E-state index contributed by atoms with van der Waals surface area (Å²) in [5.41, 5.74) is 9.45. The molecule has 0 radical (unpaired) electrons. The van der Waals surface area contributed by atoms with Crippen LogP contribution >= 0.6 is 0 Å². The highest BCUT2D eigenvalue weighted by atomic mass is 16.5. The van der Waals surface area contributed by atoms with Gasteiger partial charge in [-0.05, 0) is 42.2 Å². The number of fused-ring (bicyclic) bond motifs is 2. The summed E-state index contributed by atoms with van der Waals surface area (Å²) >= 11 is 0. The van der Waals surface area contributed by atoms with Crippen LogP contribution in [-0.2, 0) is 12.8 Å². The number of nitrogens with one attached hydrogen (secondary N) is 3. The number of aromatic nitrogens is 4. The van der Waals surface area contributed by atoms with E-state index in [0.29, 0.717) is 42.5 Å². The van der Waals surface area contributed by atoms with Crippen molar-refractivity contribution in [2.24, 2.45) is 0 Å². The Kier molecular flexibility index (Phi) is 6.44. The van der Waals surface area contributed by atoms with Gasteiger partial charge in [0.05, 0.1) is 25.8 Å². The molecular formula is C25H28N8O3. The van der Waals surface area contributed by atoms with E-state index >= 15 is 0 Å². The number of hydrogen-bond acceptors (Lipinski definition) is 8.